The van der Waals surface area contributed by atoms with Crippen molar-refractivity contribution in [1.29, 1.82) is 0 Å². The van der Waals surface area contributed by atoms with Crippen molar-refractivity contribution < 1.29 is 27.6 Å². The van der Waals surface area contributed by atoms with Gasteiger partial charge in [-0.1, -0.05) is 36.4 Å². The third-order valence-electron chi connectivity index (χ3n) is 5.89. The van der Waals surface area contributed by atoms with Gasteiger partial charge in [-0.3, -0.25) is 14.4 Å². The van der Waals surface area contributed by atoms with Crippen molar-refractivity contribution in [2.24, 2.45) is 0 Å². The maximum absolute atomic E-state index is 13.3. The predicted molar refractivity (Wildman–Crippen MR) is 109 cm³/mol. The number of rotatable bonds is 4. The van der Waals surface area contributed by atoms with Gasteiger partial charge in [-0.2, -0.15) is 13.2 Å². The van der Waals surface area contributed by atoms with E-state index in [1.165, 1.54) is 23.1 Å². The van der Waals surface area contributed by atoms with Crippen LogP contribution >= 0.6 is 0 Å². The minimum Gasteiger partial charge on any atom is -0.345 e. The molecule has 1 fully saturated rings. The second-order valence-electron chi connectivity index (χ2n) is 7.92. The van der Waals surface area contributed by atoms with Gasteiger partial charge in [0.05, 0.1) is 18.0 Å². The average Bonchev–Trinajstić information content (AvgIpc) is 2.95. The Kier molecular flexibility index (Phi) is 5.90. The van der Waals surface area contributed by atoms with E-state index < -0.39 is 17.8 Å². The summed E-state index contributed by atoms with van der Waals surface area (Å²) >= 11 is 0. The van der Waals surface area contributed by atoms with Gasteiger partial charge in [0.1, 0.15) is 0 Å². The van der Waals surface area contributed by atoms with Crippen LogP contribution < -0.4 is 5.32 Å². The van der Waals surface area contributed by atoms with Crippen LogP contribution in [0.3, 0.4) is 0 Å². The number of hydrogen-bond acceptors (Lipinski definition) is 3. The summed E-state index contributed by atoms with van der Waals surface area (Å²) in [5, 5.41) is 2.81. The van der Waals surface area contributed by atoms with Crippen molar-refractivity contribution in [2.75, 3.05) is 19.6 Å². The fourth-order valence-electron chi connectivity index (χ4n) is 4.21. The zero-order valence-corrected chi connectivity index (χ0v) is 17.2. The molecule has 0 saturated carbocycles. The van der Waals surface area contributed by atoms with Crippen LogP contribution in [0.15, 0.2) is 48.5 Å². The second kappa shape index (κ2) is 8.64. The number of benzene rings is 2. The third kappa shape index (κ3) is 4.46. The van der Waals surface area contributed by atoms with E-state index in [-0.39, 0.29) is 62.3 Å². The molecule has 0 radical (unpaired) electrons. The molecule has 1 N–H and O–H groups in total. The highest BCUT2D eigenvalue weighted by Gasteiger charge is 2.35. The number of carbonyl (C=O) groups excluding carboxylic acids is 3. The van der Waals surface area contributed by atoms with Gasteiger partial charge in [0.2, 0.25) is 11.8 Å². The summed E-state index contributed by atoms with van der Waals surface area (Å²) in [6.07, 6.45) is -4.41. The summed E-state index contributed by atoms with van der Waals surface area (Å²) in [6, 6.07) is 11.8. The van der Waals surface area contributed by atoms with Crippen LogP contribution in [0.5, 0.6) is 0 Å². The first-order chi connectivity index (χ1) is 15.2. The number of fused-ring (bicyclic) bond motifs is 1. The molecule has 1 saturated heterocycles. The highest BCUT2D eigenvalue weighted by Crippen LogP contribution is 2.33. The van der Waals surface area contributed by atoms with E-state index in [1.54, 1.807) is 29.2 Å². The van der Waals surface area contributed by atoms with Gasteiger partial charge in [0, 0.05) is 38.2 Å². The van der Waals surface area contributed by atoms with Crippen LogP contribution in [0.4, 0.5) is 13.2 Å². The summed E-state index contributed by atoms with van der Waals surface area (Å²) in [7, 11) is 0. The van der Waals surface area contributed by atoms with Crippen LogP contribution in [0.1, 0.15) is 45.9 Å². The van der Waals surface area contributed by atoms with Gasteiger partial charge >= 0.3 is 6.18 Å². The Morgan fingerprint density at radius 2 is 1.72 bits per heavy atom. The number of alkyl halides is 3. The van der Waals surface area contributed by atoms with Crippen LogP contribution in [0.25, 0.3) is 0 Å². The molecule has 0 spiro atoms. The van der Waals surface area contributed by atoms with Crippen molar-refractivity contribution in [2.45, 2.75) is 31.6 Å². The zero-order valence-electron chi connectivity index (χ0n) is 17.2. The normalized spacial score (nSPS) is 18.9. The minimum absolute atomic E-state index is 0.0263. The highest BCUT2D eigenvalue weighted by molar-refractivity contribution is 5.99. The van der Waals surface area contributed by atoms with E-state index >= 15 is 0 Å². The first-order valence-corrected chi connectivity index (χ1v) is 10.3. The smallest absolute Gasteiger partial charge is 0.345 e. The standard InChI is InChI=1S/C23H22F3N3O3/c24-23(25,26)18-8-4-1-5-15(18)14-29-12-11-28(10-9-20(29)30)21(31)13-19-16-6-2-3-7-17(16)22(32)27-19/h1-8,19H,9-14H2,(H,27,32). The quantitative estimate of drug-likeness (QED) is 0.786. The van der Waals surface area contributed by atoms with Crippen molar-refractivity contribution in [3.63, 3.8) is 0 Å². The Labute approximate surface area is 183 Å². The minimum atomic E-state index is -4.50. The number of halogens is 3. The Morgan fingerprint density at radius 1 is 1.00 bits per heavy atom. The van der Waals surface area contributed by atoms with Gasteiger partial charge < -0.3 is 15.1 Å². The predicted octanol–water partition coefficient (Wildman–Crippen LogP) is 3.14. The maximum atomic E-state index is 13.3. The SMILES string of the molecule is O=C1NC(CC(=O)N2CCC(=O)N(Cc3ccccc3C(F)(F)F)CC2)c2ccccc21. The van der Waals surface area contributed by atoms with Crippen LogP contribution in [0, 0.1) is 0 Å². The van der Waals surface area contributed by atoms with Crippen molar-refractivity contribution >= 4 is 17.7 Å². The summed E-state index contributed by atoms with van der Waals surface area (Å²) in [5.41, 5.74) is 0.576. The number of amides is 3. The molecule has 2 heterocycles. The lowest BCUT2D eigenvalue weighted by Gasteiger charge is -2.24. The summed E-state index contributed by atoms with van der Waals surface area (Å²) in [5.74, 6) is -0.729. The first kappa shape index (κ1) is 21.9. The molecular formula is C23H22F3N3O3. The van der Waals surface area contributed by atoms with Crippen molar-refractivity contribution in [1.82, 2.24) is 15.1 Å². The Hall–Kier alpha value is -3.36. The Balaban J connectivity index is 1.41. The van der Waals surface area contributed by atoms with E-state index in [2.05, 4.69) is 5.32 Å². The highest BCUT2D eigenvalue weighted by atomic mass is 19.4. The number of hydrogen-bond donors (Lipinski definition) is 1. The lowest BCUT2D eigenvalue weighted by atomic mass is 10.0. The molecule has 2 aliphatic rings. The van der Waals surface area contributed by atoms with Crippen molar-refractivity contribution in [3.05, 3.63) is 70.8 Å². The average molecular weight is 445 g/mol. The molecular weight excluding hydrogens is 423 g/mol. The van der Waals surface area contributed by atoms with E-state index in [4.69, 9.17) is 0 Å². The Morgan fingerprint density at radius 3 is 2.50 bits per heavy atom. The largest absolute Gasteiger partial charge is 0.416 e. The van der Waals surface area contributed by atoms with Crippen LogP contribution in [-0.4, -0.2) is 47.2 Å². The molecule has 168 valence electrons. The third-order valence-corrected chi connectivity index (χ3v) is 5.89. The molecule has 0 aliphatic carbocycles. The van der Waals surface area contributed by atoms with Crippen molar-refractivity contribution in [3.8, 4) is 0 Å². The zero-order chi connectivity index (χ0) is 22.9. The van der Waals surface area contributed by atoms with Crippen LogP contribution in [0.2, 0.25) is 0 Å². The number of nitrogens with zero attached hydrogens (tertiary/aromatic N) is 2. The molecule has 0 aromatic heterocycles. The summed E-state index contributed by atoms with van der Waals surface area (Å²) in [4.78, 5) is 40.4. The molecule has 1 atom stereocenters. The molecule has 0 bridgehead atoms. The molecule has 2 aromatic rings. The Bertz CT molecular complexity index is 1050. The van der Waals surface area contributed by atoms with E-state index in [1.807, 2.05) is 0 Å². The summed E-state index contributed by atoms with van der Waals surface area (Å²) in [6.45, 7) is 0.394. The molecule has 6 nitrogen and oxygen atoms in total. The monoisotopic (exact) mass is 445 g/mol. The maximum Gasteiger partial charge on any atom is 0.416 e. The molecule has 2 aromatic carbocycles. The summed E-state index contributed by atoms with van der Waals surface area (Å²) < 4.78 is 39.9. The topological polar surface area (TPSA) is 69.7 Å². The number of nitrogens with one attached hydrogen (secondary N) is 1. The van der Waals surface area contributed by atoms with Crippen LogP contribution in [-0.2, 0) is 22.3 Å². The van der Waals surface area contributed by atoms with Gasteiger partial charge in [-0.15, -0.1) is 0 Å². The molecule has 32 heavy (non-hydrogen) atoms. The molecule has 1 unspecified atom stereocenters. The van der Waals surface area contributed by atoms with Gasteiger partial charge in [-0.25, -0.2) is 0 Å². The van der Waals surface area contributed by atoms with E-state index in [0.717, 1.165) is 11.6 Å². The van der Waals surface area contributed by atoms with Gasteiger partial charge in [0.25, 0.3) is 5.91 Å². The fraction of sp³-hybridized carbons (Fsp3) is 0.348. The molecule has 9 heteroatoms. The second-order valence-corrected chi connectivity index (χ2v) is 7.92. The lowest BCUT2D eigenvalue weighted by molar-refractivity contribution is -0.139. The molecule has 3 amide bonds. The fourth-order valence-corrected chi connectivity index (χ4v) is 4.21. The first-order valence-electron chi connectivity index (χ1n) is 10.3. The number of carbonyl (C=O) groups is 3. The van der Waals surface area contributed by atoms with E-state index in [9.17, 15) is 27.6 Å². The van der Waals surface area contributed by atoms with E-state index in [0.29, 0.717) is 5.56 Å². The molecule has 2 aliphatic heterocycles. The van der Waals surface area contributed by atoms with Gasteiger partial charge in [0.15, 0.2) is 0 Å². The van der Waals surface area contributed by atoms with Gasteiger partial charge in [-0.05, 0) is 23.3 Å². The molecule has 4 rings (SSSR count). The lowest BCUT2D eigenvalue weighted by Crippen LogP contribution is -2.37.